The average Bonchev–Trinajstić information content (AvgIpc) is 2.55. The number of likely N-dealkylation sites (tertiary alicyclic amines) is 1. The van der Waals surface area contributed by atoms with Gasteiger partial charge in [0.2, 0.25) is 0 Å². The van der Waals surface area contributed by atoms with E-state index in [2.05, 4.69) is 0 Å². The Balaban J connectivity index is 1.97. The standard InChI is InChI=1S/C17H21NO6/c1-11(19)13-4-3-5-14(10-13)24-12(2)15(20)18-8-6-17(23,7-9-18)16(21)22/h3-5,10,12,23H,6-9H2,1-2H3,(H,21,22). The van der Waals surface area contributed by atoms with Gasteiger partial charge in [-0.05, 0) is 26.0 Å². The molecule has 130 valence electrons. The summed E-state index contributed by atoms with van der Waals surface area (Å²) >= 11 is 0. The molecule has 1 aliphatic heterocycles. The first-order chi connectivity index (χ1) is 11.2. The zero-order valence-electron chi connectivity index (χ0n) is 13.7. The van der Waals surface area contributed by atoms with E-state index in [0.717, 1.165) is 0 Å². The lowest BCUT2D eigenvalue weighted by Gasteiger charge is -2.36. The van der Waals surface area contributed by atoms with Crippen LogP contribution in [0.15, 0.2) is 24.3 Å². The van der Waals surface area contributed by atoms with Gasteiger partial charge in [0, 0.05) is 31.5 Å². The molecule has 1 amide bonds. The van der Waals surface area contributed by atoms with Crippen LogP contribution in [0.2, 0.25) is 0 Å². The number of aliphatic carboxylic acids is 1. The monoisotopic (exact) mass is 335 g/mol. The number of aliphatic hydroxyl groups is 1. The molecule has 1 saturated heterocycles. The second kappa shape index (κ2) is 7.00. The molecule has 1 aromatic rings. The smallest absolute Gasteiger partial charge is 0.335 e. The number of nitrogens with zero attached hydrogens (tertiary/aromatic N) is 1. The van der Waals surface area contributed by atoms with E-state index in [0.29, 0.717) is 11.3 Å². The van der Waals surface area contributed by atoms with Crippen LogP contribution in [0.3, 0.4) is 0 Å². The highest BCUT2D eigenvalue weighted by molar-refractivity contribution is 5.94. The van der Waals surface area contributed by atoms with Gasteiger partial charge >= 0.3 is 5.97 Å². The fourth-order valence-electron chi connectivity index (χ4n) is 2.61. The van der Waals surface area contributed by atoms with E-state index in [1.807, 2.05) is 0 Å². The second-order valence-electron chi connectivity index (χ2n) is 6.01. The van der Waals surface area contributed by atoms with Gasteiger partial charge in [-0.15, -0.1) is 0 Å². The SMILES string of the molecule is CC(=O)c1cccc(OC(C)C(=O)N2CCC(O)(C(=O)O)CC2)c1. The number of ether oxygens (including phenoxy) is 1. The first-order valence-electron chi connectivity index (χ1n) is 7.75. The first kappa shape index (κ1) is 17.9. The number of benzene rings is 1. The number of hydrogen-bond acceptors (Lipinski definition) is 5. The molecule has 2 rings (SSSR count). The van der Waals surface area contributed by atoms with Crippen molar-refractivity contribution < 1.29 is 29.3 Å². The fourth-order valence-corrected chi connectivity index (χ4v) is 2.61. The fraction of sp³-hybridized carbons (Fsp3) is 0.471. The van der Waals surface area contributed by atoms with Crippen LogP contribution in [0.25, 0.3) is 0 Å². The van der Waals surface area contributed by atoms with Crippen molar-refractivity contribution in [3.63, 3.8) is 0 Å². The molecule has 1 unspecified atom stereocenters. The molecule has 0 radical (unpaired) electrons. The molecule has 1 fully saturated rings. The van der Waals surface area contributed by atoms with Crippen LogP contribution in [0.1, 0.15) is 37.0 Å². The Morgan fingerprint density at radius 1 is 1.25 bits per heavy atom. The van der Waals surface area contributed by atoms with Crippen molar-refractivity contribution in [1.29, 1.82) is 0 Å². The lowest BCUT2D eigenvalue weighted by molar-refractivity contribution is -0.166. The maximum Gasteiger partial charge on any atom is 0.335 e. The largest absolute Gasteiger partial charge is 0.481 e. The van der Waals surface area contributed by atoms with Crippen molar-refractivity contribution in [3.8, 4) is 5.75 Å². The van der Waals surface area contributed by atoms with Gasteiger partial charge in [-0.25, -0.2) is 4.79 Å². The molecular weight excluding hydrogens is 314 g/mol. The number of ketones is 1. The molecular formula is C17H21NO6. The quantitative estimate of drug-likeness (QED) is 0.781. The van der Waals surface area contributed by atoms with E-state index in [9.17, 15) is 19.5 Å². The number of carbonyl (C=O) groups is 3. The minimum atomic E-state index is -1.77. The number of carboxylic acids is 1. The van der Waals surface area contributed by atoms with E-state index in [1.54, 1.807) is 31.2 Å². The molecule has 2 N–H and O–H groups in total. The minimum Gasteiger partial charge on any atom is -0.481 e. The Morgan fingerprint density at radius 3 is 2.42 bits per heavy atom. The summed E-state index contributed by atoms with van der Waals surface area (Å²) in [6.45, 7) is 3.36. The third-order valence-electron chi connectivity index (χ3n) is 4.20. The van der Waals surface area contributed by atoms with Crippen LogP contribution >= 0.6 is 0 Å². The number of Topliss-reactive ketones (excluding diaryl/α,β-unsaturated/α-hetero) is 1. The molecule has 7 heteroatoms. The van der Waals surface area contributed by atoms with Gasteiger partial charge in [-0.3, -0.25) is 9.59 Å². The van der Waals surface area contributed by atoms with E-state index >= 15 is 0 Å². The van der Waals surface area contributed by atoms with Gasteiger partial charge in [0.15, 0.2) is 17.5 Å². The highest BCUT2D eigenvalue weighted by Gasteiger charge is 2.41. The number of carbonyl (C=O) groups excluding carboxylic acids is 2. The van der Waals surface area contributed by atoms with Gasteiger partial charge < -0.3 is 19.8 Å². The Hall–Kier alpha value is -2.41. The second-order valence-corrected chi connectivity index (χ2v) is 6.01. The zero-order valence-corrected chi connectivity index (χ0v) is 13.7. The maximum absolute atomic E-state index is 12.4. The average molecular weight is 335 g/mol. The number of amides is 1. The number of carboxylic acid groups (broad SMARTS) is 1. The van der Waals surface area contributed by atoms with Crippen LogP contribution in [0.4, 0.5) is 0 Å². The van der Waals surface area contributed by atoms with Crippen LogP contribution in [-0.4, -0.2) is 57.6 Å². The summed E-state index contributed by atoms with van der Waals surface area (Å²) in [5.74, 6) is -1.22. The number of rotatable bonds is 5. The molecule has 1 aliphatic rings. The summed E-state index contributed by atoms with van der Waals surface area (Å²) in [5.41, 5.74) is -1.27. The summed E-state index contributed by atoms with van der Waals surface area (Å²) in [5, 5.41) is 18.9. The van der Waals surface area contributed by atoms with Crippen LogP contribution < -0.4 is 4.74 Å². The van der Waals surface area contributed by atoms with Crippen molar-refractivity contribution in [1.82, 2.24) is 4.90 Å². The predicted octanol–water partition coefficient (Wildman–Crippen LogP) is 1.09. The summed E-state index contributed by atoms with van der Waals surface area (Å²) < 4.78 is 5.60. The van der Waals surface area contributed by atoms with E-state index in [4.69, 9.17) is 9.84 Å². The van der Waals surface area contributed by atoms with Gasteiger partial charge in [0.25, 0.3) is 5.91 Å². The predicted molar refractivity (Wildman–Crippen MR) is 84.9 cm³/mol. The van der Waals surface area contributed by atoms with Crippen LogP contribution in [-0.2, 0) is 9.59 Å². The Morgan fingerprint density at radius 2 is 1.88 bits per heavy atom. The Kier molecular flexibility index (Phi) is 5.23. The highest BCUT2D eigenvalue weighted by atomic mass is 16.5. The summed E-state index contributed by atoms with van der Waals surface area (Å²) in [6, 6.07) is 6.58. The van der Waals surface area contributed by atoms with Gasteiger partial charge in [0.1, 0.15) is 5.75 Å². The molecule has 0 bridgehead atoms. The van der Waals surface area contributed by atoms with E-state index < -0.39 is 17.7 Å². The van der Waals surface area contributed by atoms with Gasteiger partial charge in [-0.1, -0.05) is 12.1 Å². The summed E-state index contributed by atoms with van der Waals surface area (Å²) in [4.78, 5) is 36.3. The topological polar surface area (TPSA) is 104 Å². The molecule has 1 atom stereocenters. The maximum atomic E-state index is 12.4. The third-order valence-corrected chi connectivity index (χ3v) is 4.20. The number of hydrogen-bond donors (Lipinski definition) is 2. The van der Waals surface area contributed by atoms with Crippen molar-refractivity contribution >= 4 is 17.7 Å². The lowest BCUT2D eigenvalue weighted by atomic mass is 9.91. The molecule has 7 nitrogen and oxygen atoms in total. The molecule has 24 heavy (non-hydrogen) atoms. The molecule has 0 aromatic heterocycles. The van der Waals surface area contributed by atoms with Crippen LogP contribution in [0, 0.1) is 0 Å². The number of piperidine rings is 1. The first-order valence-corrected chi connectivity index (χ1v) is 7.75. The van der Waals surface area contributed by atoms with Gasteiger partial charge in [0.05, 0.1) is 0 Å². The molecule has 1 aromatic carbocycles. The minimum absolute atomic E-state index is 0.0133. The molecule has 0 spiro atoms. The van der Waals surface area contributed by atoms with Crippen molar-refractivity contribution in [2.45, 2.75) is 38.4 Å². The van der Waals surface area contributed by atoms with Crippen LogP contribution in [0.5, 0.6) is 5.75 Å². The molecule has 0 saturated carbocycles. The third kappa shape index (κ3) is 3.91. The molecule has 1 heterocycles. The van der Waals surface area contributed by atoms with Crippen molar-refractivity contribution in [2.75, 3.05) is 13.1 Å². The molecule has 0 aliphatic carbocycles. The van der Waals surface area contributed by atoms with Gasteiger partial charge in [-0.2, -0.15) is 0 Å². The lowest BCUT2D eigenvalue weighted by Crippen LogP contribution is -2.53. The normalized spacial score (nSPS) is 17.9. The highest BCUT2D eigenvalue weighted by Crippen LogP contribution is 2.23. The Labute approximate surface area is 139 Å². The Bertz CT molecular complexity index is 648. The van der Waals surface area contributed by atoms with E-state index in [1.165, 1.54) is 11.8 Å². The summed E-state index contributed by atoms with van der Waals surface area (Å²) in [6.07, 6.45) is -0.801. The van der Waals surface area contributed by atoms with Crippen molar-refractivity contribution in [3.05, 3.63) is 29.8 Å². The zero-order chi connectivity index (χ0) is 17.9. The summed E-state index contributed by atoms with van der Waals surface area (Å²) in [7, 11) is 0. The van der Waals surface area contributed by atoms with Crippen molar-refractivity contribution in [2.24, 2.45) is 0 Å². The van der Waals surface area contributed by atoms with E-state index in [-0.39, 0.29) is 37.6 Å².